The lowest BCUT2D eigenvalue weighted by Gasteiger charge is -2.15. The highest BCUT2D eigenvalue weighted by Crippen LogP contribution is 2.24. The maximum atomic E-state index is 6.03. The Balaban J connectivity index is 0.00000288. The zero-order chi connectivity index (χ0) is 16.5. The average molecular weight is 468 g/mol. The molecule has 7 heteroatoms. The highest BCUT2D eigenvalue weighted by molar-refractivity contribution is 14.0. The molecule has 2 N–H and O–H groups in total. The number of hydrogen-bond donors (Lipinski definition) is 2. The van der Waals surface area contributed by atoms with Gasteiger partial charge in [0.25, 0.3) is 0 Å². The van der Waals surface area contributed by atoms with E-state index in [1.165, 1.54) is 0 Å². The van der Waals surface area contributed by atoms with Crippen molar-refractivity contribution in [3.05, 3.63) is 28.8 Å². The van der Waals surface area contributed by atoms with Crippen molar-refractivity contribution in [2.75, 3.05) is 26.3 Å². The molecule has 1 aliphatic heterocycles. The van der Waals surface area contributed by atoms with Crippen LogP contribution in [0.2, 0.25) is 5.02 Å². The average Bonchev–Trinajstić information content (AvgIpc) is 3.05. The predicted octanol–water partition coefficient (Wildman–Crippen LogP) is 3.59. The molecule has 0 bridgehead atoms. The topological polar surface area (TPSA) is 54.9 Å². The molecule has 0 radical (unpaired) electrons. The van der Waals surface area contributed by atoms with Crippen molar-refractivity contribution in [2.24, 2.45) is 4.99 Å². The first-order chi connectivity index (χ1) is 11.2. The first kappa shape index (κ1) is 21.3. The fraction of sp³-hybridized carbons (Fsp3) is 0.588. The number of halogens is 2. The van der Waals surface area contributed by atoms with E-state index in [2.05, 4.69) is 22.5 Å². The van der Waals surface area contributed by atoms with Crippen molar-refractivity contribution in [1.29, 1.82) is 0 Å². The Morgan fingerprint density at radius 2 is 2.21 bits per heavy atom. The van der Waals surface area contributed by atoms with Gasteiger partial charge in [0.1, 0.15) is 5.75 Å². The van der Waals surface area contributed by atoms with Gasteiger partial charge >= 0.3 is 0 Å². The zero-order valence-electron chi connectivity index (χ0n) is 14.3. The monoisotopic (exact) mass is 467 g/mol. The summed E-state index contributed by atoms with van der Waals surface area (Å²) in [4.78, 5) is 4.63. The minimum absolute atomic E-state index is 0. The number of nitrogens with one attached hydrogen (secondary N) is 2. The lowest BCUT2D eigenvalue weighted by atomic mass is 10.2. The van der Waals surface area contributed by atoms with E-state index in [0.29, 0.717) is 18.2 Å². The Morgan fingerprint density at radius 3 is 2.88 bits per heavy atom. The molecule has 1 atom stereocenters. The molecule has 24 heavy (non-hydrogen) atoms. The summed E-state index contributed by atoms with van der Waals surface area (Å²) in [7, 11) is 0. The van der Waals surface area contributed by atoms with Crippen LogP contribution in [0, 0.1) is 0 Å². The van der Waals surface area contributed by atoms with Gasteiger partial charge in [-0.15, -0.1) is 24.0 Å². The van der Waals surface area contributed by atoms with E-state index in [-0.39, 0.29) is 30.1 Å². The standard InChI is InChI=1S/C17H26ClN3O2.HI/c1-3-19-17(21-12-15-6-5-9-23-15)20-11-13-7-8-14(18)10-16(13)22-4-2;/h7-8,10,15H,3-6,9,11-12H2,1-2H3,(H2,19,20,21);1H. The normalized spacial score (nSPS) is 17.3. The molecule has 0 aliphatic carbocycles. The molecule has 5 nitrogen and oxygen atoms in total. The van der Waals surface area contributed by atoms with Gasteiger partial charge in [0.15, 0.2) is 5.96 Å². The van der Waals surface area contributed by atoms with E-state index in [0.717, 1.165) is 49.8 Å². The van der Waals surface area contributed by atoms with Crippen LogP contribution < -0.4 is 15.4 Å². The van der Waals surface area contributed by atoms with Crippen molar-refractivity contribution in [3.8, 4) is 5.75 Å². The summed E-state index contributed by atoms with van der Waals surface area (Å²) < 4.78 is 11.3. The second kappa shape index (κ2) is 11.8. The molecule has 1 aliphatic rings. The van der Waals surface area contributed by atoms with Crippen LogP contribution in [0.25, 0.3) is 0 Å². The first-order valence-corrected chi connectivity index (χ1v) is 8.65. The van der Waals surface area contributed by atoms with Crippen LogP contribution in [0.1, 0.15) is 32.3 Å². The number of benzene rings is 1. The van der Waals surface area contributed by atoms with Gasteiger partial charge in [0.05, 0.1) is 19.3 Å². The molecule has 1 saturated heterocycles. The SMILES string of the molecule is CCNC(=NCc1ccc(Cl)cc1OCC)NCC1CCCO1.I. The van der Waals surface area contributed by atoms with Crippen molar-refractivity contribution in [2.45, 2.75) is 39.3 Å². The molecule has 1 aromatic rings. The molecule has 0 amide bonds. The summed E-state index contributed by atoms with van der Waals surface area (Å²) >= 11 is 6.03. The first-order valence-electron chi connectivity index (χ1n) is 8.28. The third kappa shape index (κ3) is 7.03. The predicted molar refractivity (Wildman–Crippen MR) is 110 cm³/mol. The molecule has 2 rings (SSSR count). The molecule has 0 aromatic heterocycles. The fourth-order valence-electron chi connectivity index (χ4n) is 2.47. The van der Waals surface area contributed by atoms with E-state index in [9.17, 15) is 0 Å². The van der Waals surface area contributed by atoms with Crippen LogP contribution in [-0.4, -0.2) is 38.4 Å². The third-order valence-corrected chi connectivity index (χ3v) is 3.84. The molecule has 1 aromatic carbocycles. The summed E-state index contributed by atoms with van der Waals surface area (Å²) in [6, 6.07) is 5.66. The van der Waals surface area contributed by atoms with Gasteiger partial charge in [-0.1, -0.05) is 17.7 Å². The molecule has 1 heterocycles. The highest BCUT2D eigenvalue weighted by Gasteiger charge is 2.15. The third-order valence-electron chi connectivity index (χ3n) is 3.60. The number of aliphatic imine (C=N–C) groups is 1. The van der Waals surface area contributed by atoms with Crippen LogP contribution in [0.15, 0.2) is 23.2 Å². The Morgan fingerprint density at radius 1 is 1.38 bits per heavy atom. The van der Waals surface area contributed by atoms with Gasteiger partial charge in [-0.05, 0) is 38.8 Å². The van der Waals surface area contributed by atoms with Crippen LogP contribution >= 0.6 is 35.6 Å². The summed E-state index contributed by atoms with van der Waals surface area (Å²) in [6.45, 7) is 7.61. The second-order valence-corrected chi connectivity index (χ2v) is 5.83. The Bertz CT molecular complexity index is 523. The van der Waals surface area contributed by atoms with Crippen molar-refractivity contribution >= 4 is 41.5 Å². The maximum absolute atomic E-state index is 6.03. The lowest BCUT2D eigenvalue weighted by Crippen LogP contribution is -2.41. The number of rotatable bonds is 7. The molecular weight excluding hydrogens is 441 g/mol. The van der Waals surface area contributed by atoms with Crippen LogP contribution in [0.5, 0.6) is 5.75 Å². The largest absolute Gasteiger partial charge is 0.493 e. The van der Waals surface area contributed by atoms with Gasteiger partial charge in [0.2, 0.25) is 0 Å². The lowest BCUT2D eigenvalue weighted by molar-refractivity contribution is 0.114. The van der Waals surface area contributed by atoms with Crippen molar-refractivity contribution in [1.82, 2.24) is 10.6 Å². The van der Waals surface area contributed by atoms with E-state index < -0.39 is 0 Å². The van der Waals surface area contributed by atoms with E-state index in [1.807, 2.05) is 25.1 Å². The Kier molecular flexibility index (Phi) is 10.4. The van der Waals surface area contributed by atoms with E-state index in [4.69, 9.17) is 21.1 Å². The Labute approximate surface area is 166 Å². The van der Waals surface area contributed by atoms with Crippen LogP contribution in [-0.2, 0) is 11.3 Å². The van der Waals surface area contributed by atoms with E-state index in [1.54, 1.807) is 0 Å². The molecule has 136 valence electrons. The summed E-state index contributed by atoms with van der Waals surface area (Å²) in [5.74, 6) is 1.58. The number of hydrogen-bond acceptors (Lipinski definition) is 3. The van der Waals surface area contributed by atoms with E-state index >= 15 is 0 Å². The number of guanidine groups is 1. The summed E-state index contributed by atoms with van der Waals surface area (Å²) in [5, 5.41) is 7.27. The fourth-order valence-corrected chi connectivity index (χ4v) is 2.63. The van der Waals surface area contributed by atoms with Gasteiger partial charge in [-0.2, -0.15) is 0 Å². The van der Waals surface area contributed by atoms with Crippen LogP contribution in [0.3, 0.4) is 0 Å². The number of nitrogens with zero attached hydrogens (tertiary/aromatic N) is 1. The minimum Gasteiger partial charge on any atom is -0.493 e. The number of ether oxygens (including phenoxy) is 2. The molecule has 0 saturated carbocycles. The van der Waals surface area contributed by atoms with Gasteiger partial charge < -0.3 is 20.1 Å². The zero-order valence-corrected chi connectivity index (χ0v) is 17.4. The Hall–Kier alpha value is -0.730. The van der Waals surface area contributed by atoms with Crippen molar-refractivity contribution in [3.63, 3.8) is 0 Å². The molecule has 1 unspecified atom stereocenters. The molecule has 1 fully saturated rings. The maximum Gasteiger partial charge on any atom is 0.191 e. The quantitative estimate of drug-likeness (QED) is 0.366. The summed E-state index contributed by atoms with van der Waals surface area (Å²) in [6.07, 6.45) is 2.54. The van der Waals surface area contributed by atoms with Gasteiger partial charge in [-0.3, -0.25) is 0 Å². The summed E-state index contributed by atoms with van der Waals surface area (Å²) in [5.41, 5.74) is 1.02. The minimum atomic E-state index is 0. The van der Waals surface area contributed by atoms with Gasteiger partial charge in [0, 0.05) is 30.3 Å². The van der Waals surface area contributed by atoms with Gasteiger partial charge in [-0.25, -0.2) is 4.99 Å². The molecular formula is C17H27ClIN3O2. The van der Waals surface area contributed by atoms with Crippen LogP contribution in [0.4, 0.5) is 0 Å². The smallest absolute Gasteiger partial charge is 0.191 e. The second-order valence-electron chi connectivity index (χ2n) is 5.40. The molecule has 0 spiro atoms. The highest BCUT2D eigenvalue weighted by atomic mass is 127. The van der Waals surface area contributed by atoms with Crippen molar-refractivity contribution < 1.29 is 9.47 Å².